The fourth-order valence-corrected chi connectivity index (χ4v) is 2.65. The number of nitrogen functional groups attached to an aromatic ring is 1. The van der Waals surface area contributed by atoms with Crippen LogP contribution in [0.2, 0.25) is 0 Å². The number of nitrogens with zero attached hydrogens (tertiary/aromatic N) is 2. The minimum absolute atomic E-state index is 0.141. The average molecular weight is 318 g/mol. The molecule has 7 heteroatoms. The third-order valence-electron chi connectivity index (χ3n) is 2.81. The van der Waals surface area contributed by atoms with E-state index in [0.29, 0.717) is 22.3 Å². The molecule has 0 saturated carbocycles. The Bertz CT molecular complexity index is 671. The van der Waals surface area contributed by atoms with Crippen LogP contribution in [-0.4, -0.2) is 28.7 Å². The maximum atomic E-state index is 12.0. The SMILES string of the molecule is COc1ccc(NC(=O)CSc2nc(C)cc(C)n2)cc1N. The summed E-state index contributed by atoms with van der Waals surface area (Å²) in [5.41, 5.74) is 8.69. The highest BCUT2D eigenvalue weighted by molar-refractivity contribution is 7.99. The van der Waals surface area contributed by atoms with Gasteiger partial charge in [0.2, 0.25) is 5.91 Å². The van der Waals surface area contributed by atoms with Crippen LogP contribution in [-0.2, 0) is 4.79 Å². The number of benzene rings is 1. The van der Waals surface area contributed by atoms with E-state index in [1.165, 1.54) is 11.8 Å². The van der Waals surface area contributed by atoms with Crippen LogP contribution in [0, 0.1) is 13.8 Å². The van der Waals surface area contributed by atoms with Crippen LogP contribution in [0.4, 0.5) is 11.4 Å². The first kappa shape index (κ1) is 16.1. The second-order valence-electron chi connectivity index (χ2n) is 4.73. The number of nitrogens with two attached hydrogens (primary N) is 1. The third-order valence-corrected chi connectivity index (χ3v) is 3.65. The largest absolute Gasteiger partial charge is 0.495 e. The molecule has 1 amide bonds. The van der Waals surface area contributed by atoms with Crippen molar-refractivity contribution < 1.29 is 9.53 Å². The minimum Gasteiger partial charge on any atom is -0.495 e. The van der Waals surface area contributed by atoms with Crippen molar-refractivity contribution in [1.82, 2.24) is 9.97 Å². The molecule has 6 nitrogen and oxygen atoms in total. The molecule has 2 aromatic rings. The monoisotopic (exact) mass is 318 g/mol. The summed E-state index contributed by atoms with van der Waals surface area (Å²) in [4.78, 5) is 20.5. The number of aromatic nitrogens is 2. The molecule has 0 fully saturated rings. The summed E-state index contributed by atoms with van der Waals surface area (Å²) < 4.78 is 5.07. The van der Waals surface area contributed by atoms with Crippen molar-refractivity contribution in [2.45, 2.75) is 19.0 Å². The van der Waals surface area contributed by atoms with Crippen LogP contribution in [0.1, 0.15) is 11.4 Å². The molecule has 0 aliphatic rings. The van der Waals surface area contributed by atoms with E-state index in [-0.39, 0.29) is 11.7 Å². The summed E-state index contributed by atoms with van der Waals surface area (Å²) in [6.45, 7) is 3.80. The molecule has 0 saturated heterocycles. The fraction of sp³-hybridized carbons (Fsp3) is 0.267. The van der Waals surface area contributed by atoms with Crippen LogP contribution in [0.5, 0.6) is 5.75 Å². The van der Waals surface area contributed by atoms with E-state index in [0.717, 1.165) is 11.4 Å². The molecule has 22 heavy (non-hydrogen) atoms. The lowest BCUT2D eigenvalue weighted by atomic mass is 10.2. The Morgan fingerprint density at radius 3 is 2.55 bits per heavy atom. The van der Waals surface area contributed by atoms with Crippen molar-refractivity contribution in [1.29, 1.82) is 0 Å². The second kappa shape index (κ2) is 7.13. The highest BCUT2D eigenvalue weighted by Crippen LogP contribution is 2.24. The normalized spacial score (nSPS) is 10.3. The predicted molar refractivity (Wildman–Crippen MR) is 88.3 cm³/mol. The molecule has 0 unspecified atom stereocenters. The zero-order valence-corrected chi connectivity index (χ0v) is 13.5. The number of amides is 1. The Kier molecular flexibility index (Phi) is 5.21. The number of carbonyl (C=O) groups is 1. The molecular weight excluding hydrogens is 300 g/mol. The lowest BCUT2D eigenvalue weighted by Crippen LogP contribution is -2.14. The van der Waals surface area contributed by atoms with Gasteiger partial charge in [-0.2, -0.15) is 0 Å². The quantitative estimate of drug-likeness (QED) is 0.500. The van der Waals surface area contributed by atoms with Crippen molar-refractivity contribution in [3.8, 4) is 5.75 Å². The van der Waals surface area contributed by atoms with Gasteiger partial charge in [-0.05, 0) is 38.1 Å². The Balaban J connectivity index is 1.94. The molecule has 0 aliphatic carbocycles. The Morgan fingerprint density at radius 1 is 1.27 bits per heavy atom. The van der Waals surface area contributed by atoms with E-state index in [2.05, 4.69) is 15.3 Å². The van der Waals surface area contributed by atoms with Crippen molar-refractivity contribution in [2.24, 2.45) is 0 Å². The van der Waals surface area contributed by atoms with Crippen molar-refractivity contribution in [2.75, 3.05) is 23.9 Å². The van der Waals surface area contributed by atoms with Gasteiger partial charge in [0.15, 0.2) is 5.16 Å². The average Bonchev–Trinajstić information content (AvgIpc) is 2.44. The lowest BCUT2D eigenvalue weighted by molar-refractivity contribution is -0.113. The summed E-state index contributed by atoms with van der Waals surface area (Å²) in [6, 6.07) is 7.01. The van der Waals surface area contributed by atoms with Gasteiger partial charge in [0.05, 0.1) is 18.6 Å². The maximum absolute atomic E-state index is 12.0. The fourth-order valence-electron chi connectivity index (χ4n) is 1.90. The number of anilines is 2. The summed E-state index contributed by atoms with van der Waals surface area (Å²) in [7, 11) is 1.55. The van der Waals surface area contributed by atoms with E-state index in [1.807, 2.05) is 19.9 Å². The van der Waals surface area contributed by atoms with Crippen LogP contribution in [0.15, 0.2) is 29.4 Å². The van der Waals surface area contributed by atoms with Crippen LogP contribution < -0.4 is 15.8 Å². The van der Waals surface area contributed by atoms with Gasteiger partial charge in [0.25, 0.3) is 0 Å². The second-order valence-corrected chi connectivity index (χ2v) is 5.67. The number of carbonyl (C=O) groups excluding carboxylic acids is 1. The number of aryl methyl sites for hydroxylation is 2. The zero-order valence-electron chi connectivity index (χ0n) is 12.7. The first-order chi connectivity index (χ1) is 10.5. The maximum Gasteiger partial charge on any atom is 0.234 e. The van der Waals surface area contributed by atoms with Gasteiger partial charge < -0.3 is 15.8 Å². The van der Waals surface area contributed by atoms with Crippen molar-refractivity contribution >= 4 is 29.0 Å². The van der Waals surface area contributed by atoms with E-state index in [4.69, 9.17) is 10.5 Å². The standard InChI is InChI=1S/C15H18N4O2S/c1-9-6-10(2)18-15(17-9)22-8-14(20)19-11-4-5-13(21-3)12(16)7-11/h4-7H,8,16H2,1-3H3,(H,19,20). The van der Waals surface area contributed by atoms with E-state index < -0.39 is 0 Å². The molecule has 2 rings (SSSR count). The van der Waals surface area contributed by atoms with E-state index >= 15 is 0 Å². The summed E-state index contributed by atoms with van der Waals surface area (Å²) >= 11 is 1.30. The number of nitrogens with one attached hydrogen (secondary N) is 1. The highest BCUT2D eigenvalue weighted by Gasteiger charge is 2.08. The molecule has 1 aromatic heterocycles. The number of hydrogen-bond donors (Lipinski definition) is 2. The third kappa shape index (κ3) is 4.36. The number of methoxy groups -OCH3 is 1. The molecule has 0 radical (unpaired) electrons. The molecule has 0 spiro atoms. The van der Waals surface area contributed by atoms with Gasteiger partial charge in [0, 0.05) is 17.1 Å². The molecule has 116 valence electrons. The van der Waals surface area contributed by atoms with Crippen molar-refractivity contribution in [3.05, 3.63) is 35.7 Å². The number of thioether (sulfide) groups is 1. The van der Waals surface area contributed by atoms with Gasteiger partial charge in [-0.1, -0.05) is 11.8 Å². The number of ether oxygens (including phenoxy) is 1. The highest BCUT2D eigenvalue weighted by atomic mass is 32.2. The van der Waals surface area contributed by atoms with Crippen molar-refractivity contribution in [3.63, 3.8) is 0 Å². The first-order valence-electron chi connectivity index (χ1n) is 6.66. The molecular formula is C15H18N4O2S. The number of rotatable bonds is 5. The Hall–Kier alpha value is -2.28. The van der Waals surface area contributed by atoms with Gasteiger partial charge in [0.1, 0.15) is 5.75 Å². The molecule has 0 aliphatic heterocycles. The Morgan fingerprint density at radius 2 is 1.95 bits per heavy atom. The molecule has 0 bridgehead atoms. The zero-order chi connectivity index (χ0) is 16.1. The van der Waals surface area contributed by atoms with Crippen LogP contribution in [0.3, 0.4) is 0 Å². The molecule has 0 atom stereocenters. The first-order valence-corrected chi connectivity index (χ1v) is 7.65. The van der Waals surface area contributed by atoms with Crippen LogP contribution in [0.25, 0.3) is 0 Å². The van der Waals surface area contributed by atoms with E-state index in [9.17, 15) is 4.79 Å². The smallest absolute Gasteiger partial charge is 0.234 e. The van der Waals surface area contributed by atoms with Gasteiger partial charge >= 0.3 is 0 Å². The molecule has 1 aromatic carbocycles. The van der Waals surface area contributed by atoms with Gasteiger partial charge in [-0.3, -0.25) is 4.79 Å². The minimum atomic E-state index is -0.141. The number of hydrogen-bond acceptors (Lipinski definition) is 6. The lowest BCUT2D eigenvalue weighted by Gasteiger charge is -2.08. The topological polar surface area (TPSA) is 90.1 Å². The molecule has 1 heterocycles. The Labute approximate surface area is 133 Å². The van der Waals surface area contributed by atoms with Gasteiger partial charge in [-0.25, -0.2) is 9.97 Å². The summed E-state index contributed by atoms with van der Waals surface area (Å²) in [6.07, 6.45) is 0. The summed E-state index contributed by atoms with van der Waals surface area (Å²) in [5.74, 6) is 0.669. The predicted octanol–water partition coefficient (Wildman–Crippen LogP) is 2.42. The van der Waals surface area contributed by atoms with Crippen LogP contribution >= 0.6 is 11.8 Å². The van der Waals surface area contributed by atoms with E-state index in [1.54, 1.807) is 25.3 Å². The van der Waals surface area contributed by atoms with Gasteiger partial charge in [-0.15, -0.1) is 0 Å². The molecule has 3 N–H and O–H groups in total. The summed E-state index contributed by atoms with van der Waals surface area (Å²) in [5, 5.41) is 3.38.